The van der Waals surface area contributed by atoms with Crippen LogP contribution in [0.5, 0.6) is 5.75 Å². The molecule has 30 heavy (non-hydrogen) atoms. The van der Waals surface area contributed by atoms with Gasteiger partial charge in [0.25, 0.3) is 5.91 Å². The number of carbonyl (C=O) groups excluding carboxylic acids is 2. The van der Waals surface area contributed by atoms with E-state index in [9.17, 15) is 9.59 Å². The van der Waals surface area contributed by atoms with Crippen LogP contribution < -0.4 is 10.1 Å². The van der Waals surface area contributed by atoms with Gasteiger partial charge in [-0.05, 0) is 79.1 Å². The molecule has 2 atom stereocenters. The SMILES string of the molecule is CCC(C)NC(=O)C(CC)N(Cc1cccc(C)c1)C(=O)COc1ccc(I)cc1. The Hall–Kier alpha value is -2.09. The summed E-state index contributed by atoms with van der Waals surface area (Å²) in [5, 5.41) is 3.02. The van der Waals surface area contributed by atoms with Gasteiger partial charge in [-0.1, -0.05) is 43.7 Å². The maximum Gasteiger partial charge on any atom is 0.261 e. The molecule has 162 valence electrons. The van der Waals surface area contributed by atoms with Crippen molar-refractivity contribution in [2.75, 3.05) is 6.61 Å². The summed E-state index contributed by atoms with van der Waals surface area (Å²) in [6.07, 6.45) is 1.37. The third-order valence-electron chi connectivity index (χ3n) is 5.00. The molecule has 2 rings (SSSR count). The lowest BCUT2D eigenvalue weighted by atomic mass is 10.1. The summed E-state index contributed by atoms with van der Waals surface area (Å²) in [7, 11) is 0. The number of rotatable bonds is 10. The number of ether oxygens (including phenoxy) is 1. The standard InChI is InChI=1S/C24H31IN2O3/c1-5-18(4)26-24(29)22(6-2)27(15-19-9-7-8-17(3)14-19)23(28)16-30-21-12-10-20(25)11-13-21/h7-14,18,22H,5-6,15-16H2,1-4H3,(H,26,29). The van der Waals surface area contributed by atoms with Crippen molar-refractivity contribution in [3.8, 4) is 5.75 Å². The van der Waals surface area contributed by atoms with Crippen LogP contribution in [0, 0.1) is 10.5 Å². The molecule has 6 heteroatoms. The van der Waals surface area contributed by atoms with E-state index in [1.807, 2.05) is 76.2 Å². The quantitative estimate of drug-likeness (QED) is 0.461. The smallest absolute Gasteiger partial charge is 0.261 e. The van der Waals surface area contributed by atoms with Crippen molar-refractivity contribution < 1.29 is 14.3 Å². The number of hydrogen-bond acceptors (Lipinski definition) is 3. The molecule has 0 saturated heterocycles. The largest absolute Gasteiger partial charge is 0.484 e. The van der Waals surface area contributed by atoms with Crippen LogP contribution in [-0.4, -0.2) is 35.4 Å². The topological polar surface area (TPSA) is 58.6 Å². The molecule has 0 fully saturated rings. The van der Waals surface area contributed by atoms with Crippen LogP contribution in [0.1, 0.15) is 44.7 Å². The van der Waals surface area contributed by atoms with Crippen LogP contribution in [0.3, 0.4) is 0 Å². The molecule has 0 heterocycles. The molecular formula is C24H31IN2O3. The second kappa shape index (κ2) is 11.9. The first-order valence-electron chi connectivity index (χ1n) is 10.4. The van der Waals surface area contributed by atoms with Gasteiger partial charge in [0.2, 0.25) is 5.91 Å². The molecule has 2 unspecified atom stereocenters. The van der Waals surface area contributed by atoms with E-state index >= 15 is 0 Å². The lowest BCUT2D eigenvalue weighted by Crippen LogP contribution is -2.51. The summed E-state index contributed by atoms with van der Waals surface area (Å²) in [4.78, 5) is 27.7. The van der Waals surface area contributed by atoms with E-state index in [4.69, 9.17) is 4.74 Å². The van der Waals surface area contributed by atoms with E-state index in [1.54, 1.807) is 4.90 Å². The molecule has 0 aromatic heterocycles. The van der Waals surface area contributed by atoms with Crippen LogP contribution in [0.4, 0.5) is 0 Å². The second-order valence-electron chi connectivity index (χ2n) is 7.50. The van der Waals surface area contributed by atoms with E-state index < -0.39 is 6.04 Å². The average Bonchev–Trinajstić information content (AvgIpc) is 2.72. The molecular weight excluding hydrogens is 491 g/mol. The normalized spacial score (nSPS) is 12.7. The highest BCUT2D eigenvalue weighted by Crippen LogP contribution is 2.16. The van der Waals surface area contributed by atoms with Crippen molar-refractivity contribution in [2.24, 2.45) is 0 Å². The Morgan fingerprint density at radius 3 is 2.40 bits per heavy atom. The molecule has 5 nitrogen and oxygen atoms in total. The Labute approximate surface area is 193 Å². The zero-order valence-electron chi connectivity index (χ0n) is 18.2. The fraction of sp³-hybridized carbons (Fsp3) is 0.417. The molecule has 0 aliphatic carbocycles. The lowest BCUT2D eigenvalue weighted by Gasteiger charge is -2.31. The van der Waals surface area contributed by atoms with Gasteiger partial charge in [0.1, 0.15) is 11.8 Å². The molecule has 2 aromatic rings. The Bertz CT molecular complexity index is 839. The van der Waals surface area contributed by atoms with Crippen molar-refractivity contribution in [2.45, 2.75) is 59.2 Å². The van der Waals surface area contributed by atoms with E-state index in [-0.39, 0.29) is 24.5 Å². The second-order valence-corrected chi connectivity index (χ2v) is 8.74. The minimum Gasteiger partial charge on any atom is -0.484 e. The van der Waals surface area contributed by atoms with E-state index in [2.05, 4.69) is 27.9 Å². The zero-order chi connectivity index (χ0) is 22.1. The molecule has 1 N–H and O–H groups in total. The Balaban J connectivity index is 2.20. The van der Waals surface area contributed by atoms with Gasteiger partial charge in [-0.25, -0.2) is 0 Å². The monoisotopic (exact) mass is 522 g/mol. The number of nitrogens with one attached hydrogen (secondary N) is 1. The average molecular weight is 522 g/mol. The van der Waals surface area contributed by atoms with E-state index in [0.29, 0.717) is 18.7 Å². The minimum absolute atomic E-state index is 0.0607. The maximum absolute atomic E-state index is 13.2. The highest BCUT2D eigenvalue weighted by atomic mass is 127. The van der Waals surface area contributed by atoms with Crippen molar-refractivity contribution >= 4 is 34.4 Å². The highest BCUT2D eigenvalue weighted by molar-refractivity contribution is 14.1. The van der Waals surface area contributed by atoms with Gasteiger partial charge < -0.3 is 15.0 Å². The van der Waals surface area contributed by atoms with Gasteiger partial charge >= 0.3 is 0 Å². The van der Waals surface area contributed by atoms with Crippen LogP contribution in [-0.2, 0) is 16.1 Å². The van der Waals surface area contributed by atoms with Crippen LogP contribution >= 0.6 is 22.6 Å². The third kappa shape index (κ3) is 7.31. The first kappa shape index (κ1) is 24.2. The number of hydrogen-bond donors (Lipinski definition) is 1. The summed E-state index contributed by atoms with van der Waals surface area (Å²) in [6.45, 7) is 8.19. The van der Waals surface area contributed by atoms with Gasteiger partial charge in [-0.15, -0.1) is 0 Å². The van der Waals surface area contributed by atoms with Crippen LogP contribution in [0.15, 0.2) is 48.5 Å². The van der Waals surface area contributed by atoms with Gasteiger partial charge in [0.05, 0.1) is 0 Å². The number of nitrogens with zero attached hydrogens (tertiary/aromatic N) is 1. The van der Waals surface area contributed by atoms with Gasteiger partial charge in [0, 0.05) is 16.2 Å². The summed E-state index contributed by atoms with van der Waals surface area (Å²) in [6, 6.07) is 15.1. The molecule has 0 radical (unpaired) electrons. The summed E-state index contributed by atoms with van der Waals surface area (Å²) in [5.74, 6) is 0.305. The van der Waals surface area contributed by atoms with Gasteiger partial charge in [-0.2, -0.15) is 0 Å². The number of halogens is 1. The van der Waals surface area contributed by atoms with Crippen LogP contribution in [0.2, 0.25) is 0 Å². The van der Waals surface area contributed by atoms with E-state index in [1.165, 1.54) is 0 Å². The fourth-order valence-electron chi connectivity index (χ4n) is 3.13. The Kier molecular flexibility index (Phi) is 9.62. The van der Waals surface area contributed by atoms with Crippen LogP contribution in [0.25, 0.3) is 0 Å². The highest BCUT2D eigenvalue weighted by Gasteiger charge is 2.29. The molecule has 0 spiro atoms. The first-order valence-corrected chi connectivity index (χ1v) is 11.5. The van der Waals surface area contributed by atoms with E-state index in [0.717, 1.165) is 21.1 Å². The number of carbonyl (C=O) groups is 2. The van der Waals surface area contributed by atoms with Crippen molar-refractivity contribution in [3.63, 3.8) is 0 Å². The molecule has 0 saturated carbocycles. The lowest BCUT2D eigenvalue weighted by molar-refractivity contribution is -0.143. The zero-order valence-corrected chi connectivity index (χ0v) is 20.3. The summed E-state index contributed by atoms with van der Waals surface area (Å²) >= 11 is 2.22. The predicted molar refractivity (Wildman–Crippen MR) is 128 cm³/mol. The maximum atomic E-state index is 13.2. The van der Waals surface area contributed by atoms with Crippen molar-refractivity contribution in [1.29, 1.82) is 0 Å². The predicted octanol–water partition coefficient (Wildman–Crippen LogP) is 4.70. The Morgan fingerprint density at radius 1 is 1.10 bits per heavy atom. The summed E-state index contributed by atoms with van der Waals surface area (Å²) in [5.41, 5.74) is 2.11. The number of aryl methyl sites for hydroxylation is 1. The first-order chi connectivity index (χ1) is 14.3. The van der Waals surface area contributed by atoms with Crippen molar-refractivity contribution in [3.05, 3.63) is 63.2 Å². The van der Waals surface area contributed by atoms with Crippen molar-refractivity contribution in [1.82, 2.24) is 10.2 Å². The minimum atomic E-state index is -0.549. The Morgan fingerprint density at radius 2 is 1.80 bits per heavy atom. The van der Waals surface area contributed by atoms with Gasteiger partial charge in [-0.3, -0.25) is 9.59 Å². The molecule has 0 bridgehead atoms. The number of benzene rings is 2. The molecule has 0 aliphatic heterocycles. The fourth-order valence-corrected chi connectivity index (χ4v) is 3.49. The number of amides is 2. The molecule has 2 amide bonds. The van der Waals surface area contributed by atoms with Gasteiger partial charge in [0.15, 0.2) is 6.61 Å². The molecule has 2 aromatic carbocycles. The summed E-state index contributed by atoms with van der Waals surface area (Å²) < 4.78 is 6.81. The molecule has 0 aliphatic rings. The third-order valence-corrected chi connectivity index (χ3v) is 5.72.